The molecule has 0 saturated carbocycles. The van der Waals surface area contributed by atoms with Gasteiger partial charge in [0.1, 0.15) is 0 Å². The maximum Gasteiger partial charge on any atom is 0.244 e. The number of anilines is 1. The van der Waals surface area contributed by atoms with Crippen LogP contribution in [0.1, 0.15) is 10.4 Å². The summed E-state index contributed by atoms with van der Waals surface area (Å²) in [6.45, 7) is -0.737. The van der Waals surface area contributed by atoms with Crippen LogP contribution in [0.5, 0.6) is 0 Å². The number of para-hydroxylation sites is 1. The Balaban J connectivity index is 1.82. The molecule has 0 atom stereocenters. The van der Waals surface area contributed by atoms with E-state index in [9.17, 15) is 18.0 Å². The van der Waals surface area contributed by atoms with Crippen LogP contribution in [0.15, 0.2) is 59.5 Å². The molecule has 0 radical (unpaired) electrons. The van der Waals surface area contributed by atoms with Crippen LogP contribution in [0.2, 0.25) is 0 Å². The summed E-state index contributed by atoms with van der Waals surface area (Å²) in [6, 6.07) is 14.7. The predicted octanol–water partition coefficient (Wildman–Crippen LogP) is 1.51. The monoisotopic (exact) mass is 330 g/mol. The highest BCUT2D eigenvalue weighted by atomic mass is 32.2. The minimum Gasteiger partial charge on any atom is -0.325 e. The van der Waals surface area contributed by atoms with Gasteiger partial charge in [-0.15, -0.1) is 0 Å². The molecule has 23 heavy (non-hydrogen) atoms. The minimum absolute atomic E-state index is 0.0521. The molecule has 2 aromatic rings. The van der Waals surface area contributed by atoms with Crippen molar-refractivity contribution < 1.29 is 18.0 Å². The first-order valence-corrected chi connectivity index (χ1v) is 8.40. The van der Waals surface area contributed by atoms with Crippen LogP contribution in [-0.2, 0) is 14.8 Å². The quantitative estimate of drug-likeness (QED) is 0.925. The molecule has 0 aliphatic carbocycles. The molecule has 1 N–H and O–H groups in total. The Morgan fingerprint density at radius 1 is 1.04 bits per heavy atom. The van der Waals surface area contributed by atoms with Crippen LogP contribution >= 0.6 is 0 Å². The molecule has 118 valence electrons. The topological polar surface area (TPSA) is 83.6 Å². The van der Waals surface area contributed by atoms with Crippen LogP contribution < -0.4 is 5.32 Å². The Hall–Kier alpha value is -2.51. The van der Waals surface area contributed by atoms with E-state index in [1.807, 2.05) is 0 Å². The summed E-state index contributed by atoms with van der Waals surface area (Å²) < 4.78 is 26.0. The number of ketones is 1. The molecule has 0 spiro atoms. The largest absolute Gasteiger partial charge is 0.325 e. The first kappa shape index (κ1) is 15.4. The van der Waals surface area contributed by atoms with Crippen molar-refractivity contribution in [1.29, 1.82) is 0 Å². The summed E-state index contributed by atoms with van der Waals surface area (Å²) in [5, 5.41) is 2.61. The summed E-state index contributed by atoms with van der Waals surface area (Å²) in [5.74, 6) is -0.810. The number of nitrogens with zero attached hydrogens (tertiary/aromatic N) is 1. The van der Waals surface area contributed by atoms with Crippen LogP contribution in [0.25, 0.3) is 0 Å². The van der Waals surface area contributed by atoms with Crippen LogP contribution in [0.4, 0.5) is 5.69 Å². The average Bonchev–Trinajstić information content (AvgIpc) is 2.54. The van der Waals surface area contributed by atoms with Crippen molar-refractivity contribution in [3.8, 4) is 0 Å². The average molecular weight is 330 g/mol. The van der Waals surface area contributed by atoms with Gasteiger partial charge in [0.15, 0.2) is 5.78 Å². The van der Waals surface area contributed by atoms with Gasteiger partial charge in [-0.05, 0) is 24.3 Å². The minimum atomic E-state index is -3.85. The predicted molar refractivity (Wildman–Crippen MR) is 84.6 cm³/mol. The second-order valence-corrected chi connectivity index (χ2v) is 7.01. The summed E-state index contributed by atoms with van der Waals surface area (Å²) in [6.07, 6.45) is 0. The van der Waals surface area contributed by atoms with E-state index in [1.165, 1.54) is 12.1 Å². The lowest BCUT2D eigenvalue weighted by Crippen LogP contribution is -2.44. The molecule has 3 rings (SSSR count). The molecule has 6 nitrogen and oxygen atoms in total. The van der Waals surface area contributed by atoms with Gasteiger partial charge in [-0.25, -0.2) is 8.42 Å². The SMILES string of the molecule is O=C(CN1CC(=O)c2ccccc2S1(=O)=O)Nc1ccccc1. The molecule has 0 unspecified atom stereocenters. The fourth-order valence-corrected chi connectivity index (χ4v) is 3.98. The molecule has 0 aromatic heterocycles. The van der Waals surface area contributed by atoms with E-state index in [4.69, 9.17) is 0 Å². The van der Waals surface area contributed by atoms with Gasteiger partial charge in [-0.2, -0.15) is 4.31 Å². The molecule has 7 heteroatoms. The molecule has 0 fully saturated rings. The number of nitrogens with one attached hydrogen (secondary N) is 1. The molecule has 0 saturated heterocycles. The highest BCUT2D eigenvalue weighted by Gasteiger charge is 2.36. The summed E-state index contributed by atoms with van der Waals surface area (Å²) >= 11 is 0. The maximum atomic E-state index is 12.5. The molecule has 0 bridgehead atoms. The lowest BCUT2D eigenvalue weighted by atomic mass is 10.1. The second-order valence-electron chi connectivity index (χ2n) is 5.11. The summed E-state index contributed by atoms with van der Waals surface area (Å²) in [5.41, 5.74) is 0.742. The normalized spacial score (nSPS) is 16.6. The van der Waals surface area contributed by atoms with Gasteiger partial charge >= 0.3 is 0 Å². The molecular formula is C16H14N2O4S. The Kier molecular flexibility index (Phi) is 3.97. The number of carbonyl (C=O) groups excluding carboxylic acids is 2. The van der Waals surface area contributed by atoms with Gasteiger partial charge in [0, 0.05) is 11.3 Å². The summed E-state index contributed by atoms with van der Waals surface area (Å²) in [7, 11) is -3.85. The van der Waals surface area contributed by atoms with Gasteiger partial charge < -0.3 is 5.32 Å². The third-order valence-corrected chi connectivity index (χ3v) is 5.35. The molecule has 2 aromatic carbocycles. The van der Waals surface area contributed by atoms with E-state index in [-0.39, 0.29) is 22.8 Å². The third kappa shape index (κ3) is 3.01. The lowest BCUT2D eigenvalue weighted by Gasteiger charge is -2.26. The number of amides is 1. The number of Topliss-reactive ketones (excluding diaryl/α,β-unsaturated/α-hetero) is 1. The van der Waals surface area contributed by atoms with Crippen molar-refractivity contribution in [3.05, 3.63) is 60.2 Å². The Bertz CT molecular complexity index is 863. The molecule has 1 heterocycles. The summed E-state index contributed by atoms with van der Waals surface area (Å²) in [4.78, 5) is 24.1. The zero-order valence-corrected chi connectivity index (χ0v) is 12.9. The fourth-order valence-electron chi connectivity index (χ4n) is 2.41. The Morgan fingerprint density at radius 2 is 1.70 bits per heavy atom. The second kappa shape index (κ2) is 5.94. The molecule has 1 aliphatic heterocycles. The number of rotatable bonds is 3. The van der Waals surface area contributed by atoms with Gasteiger partial charge in [0.2, 0.25) is 15.9 Å². The number of fused-ring (bicyclic) bond motifs is 1. The van der Waals surface area contributed by atoms with E-state index in [2.05, 4.69) is 5.32 Å². The van der Waals surface area contributed by atoms with E-state index in [1.54, 1.807) is 42.5 Å². The van der Waals surface area contributed by atoms with Crippen molar-refractivity contribution in [2.75, 3.05) is 18.4 Å². The molecule has 1 aliphatic rings. The van der Waals surface area contributed by atoms with Gasteiger partial charge in [0.25, 0.3) is 0 Å². The zero-order chi connectivity index (χ0) is 16.4. The number of sulfonamides is 1. The zero-order valence-electron chi connectivity index (χ0n) is 12.1. The Labute approximate surface area is 133 Å². The van der Waals surface area contributed by atoms with Gasteiger partial charge in [-0.3, -0.25) is 9.59 Å². The maximum absolute atomic E-state index is 12.5. The van der Waals surface area contributed by atoms with Crippen LogP contribution in [-0.4, -0.2) is 37.5 Å². The number of carbonyl (C=O) groups is 2. The third-order valence-electron chi connectivity index (χ3n) is 3.50. The standard InChI is InChI=1S/C16H14N2O4S/c19-14-10-18(11-16(20)17-12-6-2-1-3-7-12)23(21,22)15-9-5-4-8-13(14)15/h1-9H,10-11H2,(H,17,20). The van der Waals surface area contributed by atoms with Gasteiger partial charge in [0.05, 0.1) is 18.0 Å². The number of hydrogen-bond donors (Lipinski definition) is 1. The van der Waals surface area contributed by atoms with Crippen molar-refractivity contribution in [3.63, 3.8) is 0 Å². The van der Waals surface area contributed by atoms with E-state index >= 15 is 0 Å². The van der Waals surface area contributed by atoms with Crippen molar-refractivity contribution in [2.24, 2.45) is 0 Å². The van der Waals surface area contributed by atoms with E-state index < -0.39 is 22.5 Å². The van der Waals surface area contributed by atoms with Crippen molar-refractivity contribution in [1.82, 2.24) is 4.31 Å². The highest BCUT2D eigenvalue weighted by Crippen LogP contribution is 2.25. The Morgan fingerprint density at radius 3 is 2.43 bits per heavy atom. The van der Waals surface area contributed by atoms with Crippen molar-refractivity contribution >= 4 is 27.4 Å². The van der Waals surface area contributed by atoms with E-state index in [0.717, 1.165) is 4.31 Å². The van der Waals surface area contributed by atoms with Crippen LogP contribution in [0, 0.1) is 0 Å². The molecule has 1 amide bonds. The highest BCUT2D eigenvalue weighted by molar-refractivity contribution is 7.89. The first-order chi connectivity index (χ1) is 11.0. The molecular weight excluding hydrogens is 316 g/mol. The van der Waals surface area contributed by atoms with E-state index in [0.29, 0.717) is 5.69 Å². The van der Waals surface area contributed by atoms with Crippen LogP contribution in [0.3, 0.4) is 0 Å². The fraction of sp³-hybridized carbons (Fsp3) is 0.125. The first-order valence-electron chi connectivity index (χ1n) is 6.96. The number of hydrogen-bond acceptors (Lipinski definition) is 4. The number of benzene rings is 2. The smallest absolute Gasteiger partial charge is 0.244 e. The van der Waals surface area contributed by atoms with Gasteiger partial charge in [-0.1, -0.05) is 30.3 Å². The lowest BCUT2D eigenvalue weighted by molar-refractivity contribution is -0.116. The van der Waals surface area contributed by atoms with Crippen molar-refractivity contribution in [2.45, 2.75) is 4.90 Å².